The van der Waals surface area contributed by atoms with Crippen LogP contribution in [0.1, 0.15) is 11.5 Å². The highest BCUT2D eigenvalue weighted by Gasteiger charge is 2.40. The van der Waals surface area contributed by atoms with E-state index in [0.29, 0.717) is 0 Å². The Balaban J connectivity index is 2.17. The van der Waals surface area contributed by atoms with Gasteiger partial charge in [0.1, 0.15) is 5.69 Å². The second-order valence-electron chi connectivity index (χ2n) is 4.18. The number of nitrogens with zero attached hydrogens (tertiary/aromatic N) is 2. The molecule has 0 fully saturated rings. The van der Waals surface area contributed by atoms with Crippen molar-refractivity contribution in [2.45, 2.75) is 5.92 Å². The molecular weight excluding hydrogens is 224 g/mol. The lowest BCUT2D eigenvalue weighted by atomic mass is 10.0. The molecule has 1 aliphatic rings. The Labute approximate surface area is 106 Å². The smallest absolute Gasteiger partial charge is 0.267 e. The average Bonchev–Trinajstić information content (AvgIpc) is 2.71. The van der Waals surface area contributed by atoms with Crippen LogP contribution in [-0.2, 0) is 4.79 Å². The first kappa shape index (κ1) is 10.7. The number of hydrogen-bond acceptors (Lipinski definition) is 1. The number of amides is 1. The number of anilines is 1. The predicted molar refractivity (Wildman–Crippen MR) is 68.9 cm³/mol. The molecule has 1 atom stereocenters. The number of carbonyl (C=O) groups excluding carboxylic acids is 1. The number of fused-ring (bicyclic) bond motifs is 1. The summed E-state index contributed by atoms with van der Waals surface area (Å²) in [6.45, 7) is 3.76. The molecule has 2 aromatic rings. The minimum atomic E-state index is -0.256. The molecule has 0 radical (unpaired) electrons. The normalized spacial score (nSPS) is 17.7. The second kappa shape index (κ2) is 4.11. The summed E-state index contributed by atoms with van der Waals surface area (Å²) < 4.78 is 1.80. The largest absolute Gasteiger partial charge is 0.295 e. The number of hydrogen-bond donors (Lipinski definition) is 0. The topological polar surface area (TPSA) is 24.2 Å². The van der Waals surface area contributed by atoms with Crippen molar-refractivity contribution in [2.75, 3.05) is 5.01 Å². The molecule has 88 valence electrons. The fourth-order valence-electron chi connectivity index (χ4n) is 2.32. The molecule has 1 amide bonds. The van der Waals surface area contributed by atoms with Crippen molar-refractivity contribution in [1.82, 2.24) is 0 Å². The van der Waals surface area contributed by atoms with Crippen LogP contribution in [0.3, 0.4) is 0 Å². The summed E-state index contributed by atoms with van der Waals surface area (Å²) in [5.74, 6) is -0.226. The van der Waals surface area contributed by atoms with E-state index >= 15 is 0 Å². The molecule has 0 N–H and O–H groups in total. The first-order valence-corrected chi connectivity index (χ1v) is 5.85. The summed E-state index contributed by atoms with van der Waals surface area (Å²) in [6.07, 6.45) is 5.42. The van der Waals surface area contributed by atoms with E-state index in [0.717, 1.165) is 11.3 Å². The summed E-state index contributed by atoms with van der Waals surface area (Å²) in [7, 11) is 0. The summed E-state index contributed by atoms with van der Waals surface area (Å²) >= 11 is 0. The third-order valence-corrected chi connectivity index (χ3v) is 3.14. The van der Waals surface area contributed by atoms with Gasteiger partial charge in [0.2, 0.25) is 12.4 Å². The fraction of sp³-hybridized carbons (Fsp3) is 0.0667. The lowest BCUT2D eigenvalue weighted by Gasteiger charge is -2.09. The maximum absolute atomic E-state index is 12.4. The maximum Gasteiger partial charge on any atom is 0.295 e. The molecule has 1 aliphatic heterocycles. The predicted octanol–water partition coefficient (Wildman–Crippen LogP) is 2.05. The van der Waals surface area contributed by atoms with Gasteiger partial charge >= 0.3 is 0 Å². The zero-order chi connectivity index (χ0) is 12.5. The summed E-state index contributed by atoms with van der Waals surface area (Å²) in [4.78, 5) is 12.4. The molecule has 1 aromatic heterocycles. The molecule has 0 aliphatic carbocycles. The lowest BCUT2D eigenvalue weighted by molar-refractivity contribution is -0.674. The standard InChI is InChI=1S/C15H13N2O/c1-2-12-13-8-4-5-9-14(13)17(15(12)18)16-10-6-3-7-11-16/h2-12H,1H2/q+1. The molecule has 0 saturated carbocycles. The van der Waals surface area contributed by atoms with Crippen molar-refractivity contribution in [3.63, 3.8) is 0 Å². The molecule has 1 aromatic carbocycles. The zero-order valence-corrected chi connectivity index (χ0v) is 9.86. The molecule has 0 spiro atoms. The highest BCUT2D eigenvalue weighted by atomic mass is 16.2. The number of pyridine rings is 1. The van der Waals surface area contributed by atoms with E-state index in [4.69, 9.17) is 0 Å². The van der Waals surface area contributed by atoms with E-state index in [1.54, 1.807) is 15.8 Å². The first-order valence-electron chi connectivity index (χ1n) is 5.85. The van der Waals surface area contributed by atoms with Gasteiger partial charge in [-0.1, -0.05) is 40.0 Å². The van der Waals surface area contributed by atoms with Gasteiger partial charge in [-0.15, -0.1) is 6.58 Å². The van der Waals surface area contributed by atoms with Crippen LogP contribution in [0.5, 0.6) is 0 Å². The minimum Gasteiger partial charge on any atom is -0.267 e. The average molecular weight is 237 g/mol. The Morgan fingerprint density at radius 3 is 2.56 bits per heavy atom. The zero-order valence-electron chi connectivity index (χ0n) is 9.86. The Bertz CT molecular complexity index is 607. The quantitative estimate of drug-likeness (QED) is 0.579. The van der Waals surface area contributed by atoms with Crippen LogP contribution in [0.4, 0.5) is 5.69 Å². The molecule has 0 saturated heterocycles. The van der Waals surface area contributed by atoms with Gasteiger partial charge in [0.15, 0.2) is 0 Å². The molecule has 0 bridgehead atoms. The number of aromatic nitrogens is 1. The molecule has 3 heteroatoms. The third-order valence-electron chi connectivity index (χ3n) is 3.14. The van der Waals surface area contributed by atoms with E-state index in [-0.39, 0.29) is 11.8 Å². The van der Waals surface area contributed by atoms with Crippen molar-refractivity contribution >= 4 is 11.6 Å². The van der Waals surface area contributed by atoms with Gasteiger partial charge in [-0.25, -0.2) is 0 Å². The Hall–Kier alpha value is -2.42. The van der Waals surface area contributed by atoms with Gasteiger partial charge in [-0.2, -0.15) is 0 Å². The summed E-state index contributed by atoms with van der Waals surface area (Å²) in [5.41, 5.74) is 1.93. The van der Waals surface area contributed by atoms with Crippen LogP contribution in [0, 0.1) is 0 Å². The fourth-order valence-corrected chi connectivity index (χ4v) is 2.32. The van der Waals surface area contributed by atoms with Crippen LogP contribution in [0.2, 0.25) is 0 Å². The highest BCUT2D eigenvalue weighted by Crippen LogP contribution is 2.36. The Kier molecular flexibility index (Phi) is 2.45. The molecular formula is C15H13N2O+. The number of para-hydroxylation sites is 1. The molecule has 3 rings (SSSR count). The van der Waals surface area contributed by atoms with Crippen molar-refractivity contribution in [3.05, 3.63) is 73.1 Å². The van der Waals surface area contributed by atoms with Crippen LogP contribution >= 0.6 is 0 Å². The third kappa shape index (κ3) is 1.44. The van der Waals surface area contributed by atoms with Crippen molar-refractivity contribution in [3.8, 4) is 0 Å². The van der Waals surface area contributed by atoms with Gasteiger partial charge < -0.3 is 0 Å². The second-order valence-corrected chi connectivity index (χ2v) is 4.18. The first-order chi connectivity index (χ1) is 8.83. The lowest BCUT2D eigenvalue weighted by Crippen LogP contribution is -2.55. The van der Waals surface area contributed by atoms with Gasteiger partial charge in [0.25, 0.3) is 5.91 Å². The van der Waals surface area contributed by atoms with Crippen molar-refractivity contribution < 1.29 is 9.47 Å². The van der Waals surface area contributed by atoms with E-state index in [9.17, 15) is 4.79 Å². The van der Waals surface area contributed by atoms with E-state index in [1.165, 1.54) is 0 Å². The number of rotatable bonds is 2. The van der Waals surface area contributed by atoms with Gasteiger partial charge in [0.05, 0.1) is 5.92 Å². The van der Waals surface area contributed by atoms with Crippen molar-refractivity contribution in [1.29, 1.82) is 0 Å². The van der Waals surface area contributed by atoms with Gasteiger partial charge in [0, 0.05) is 12.1 Å². The van der Waals surface area contributed by atoms with Crippen LogP contribution in [-0.4, -0.2) is 5.91 Å². The van der Waals surface area contributed by atoms with Gasteiger partial charge in [-0.05, 0) is 11.6 Å². The Morgan fingerprint density at radius 1 is 1.11 bits per heavy atom. The van der Waals surface area contributed by atoms with E-state index < -0.39 is 0 Å². The monoisotopic (exact) mass is 237 g/mol. The van der Waals surface area contributed by atoms with Crippen LogP contribution < -0.4 is 9.69 Å². The van der Waals surface area contributed by atoms with E-state index in [1.807, 2.05) is 54.9 Å². The summed E-state index contributed by atoms with van der Waals surface area (Å²) in [6, 6.07) is 13.5. The van der Waals surface area contributed by atoms with Crippen LogP contribution in [0.15, 0.2) is 67.5 Å². The number of benzene rings is 1. The minimum absolute atomic E-state index is 0.0300. The molecule has 18 heavy (non-hydrogen) atoms. The highest BCUT2D eigenvalue weighted by molar-refractivity contribution is 6.04. The molecule has 3 nitrogen and oxygen atoms in total. The molecule has 1 unspecified atom stereocenters. The van der Waals surface area contributed by atoms with Crippen molar-refractivity contribution in [2.24, 2.45) is 0 Å². The van der Waals surface area contributed by atoms with Crippen LogP contribution in [0.25, 0.3) is 0 Å². The van der Waals surface area contributed by atoms with E-state index in [2.05, 4.69) is 6.58 Å². The number of carbonyl (C=O) groups is 1. The van der Waals surface area contributed by atoms with Gasteiger partial charge in [-0.3, -0.25) is 4.79 Å². The maximum atomic E-state index is 12.4. The molecule has 2 heterocycles. The summed E-state index contributed by atoms with van der Waals surface area (Å²) in [5, 5.41) is 1.68. The SMILES string of the molecule is C=CC1C(=O)N([n+]2ccccc2)c2ccccc21. The Morgan fingerprint density at radius 2 is 1.83 bits per heavy atom.